The predicted molar refractivity (Wildman–Crippen MR) is 58.9 cm³/mol. The van der Waals surface area contributed by atoms with Crippen molar-refractivity contribution in [3.63, 3.8) is 0 Å². The Kier molecular flexibility index (Phi) is 3.07. The van der Waals surface area contributed by atoms with Gasteiger partial charge in [0.1, 0.15) is 11.2 Å². The summed E-state index contributed by atoms with van der Waals surface area (Å²) in [6.45, 7) is 0.613. The number of halogens is 1. The Bertz CT molecular complexity index is 455. The number of carbonyl (C=O) groups is 1. The predicted octanol–water partition coefficient (Wildman–Crippen LogP) is 1.86. The molecule has 0 aliphatic carbocycles. The average Bonchev–Trinajstić information content (AvgIpc) is 2.77. The quantitative estimate of drug-likeness (QED) is 0.698. The summed E-state index contributed by atoms with van der Waals surface area (Å²) in [4.78, 5) is 17.5. The van der Waals surface area contributed by atoms with E-state index in [-0.39, 0.29) is 17.1 Å². The molecule has 1 unspecified atom stereocenters. The molecule has 0 aromatic carbocycles. The summed E-state index contributed by atoms with van der Waals surface area (Å²) in [6.07, 6.45) is 3.13. The van der Waals surface area contributed by atoms with E-state index in [0.29, 0.717) is 12.1 Å². The number of pyridine rings is 1. The first kappa shape index (κ1) is 10.9. The fourth-order valence-electron chi connectivity index (χ4n) is 1.84. The molecule has 2 heterocycles. The lowest BCUT2D eigenvalue weighted by Crippen LogP contribution is -2.34. The summed E-state index contributed by atoms with van der Waals surface area (Å²) in [5.41, 5.74) is 0.367. The number of nitriles is 1. The molecular formula is C11H10ClN3O. The summed E-state index contributed by atoms with van der Waals surface area (Å²) in [5.74, 6) is -0.206. The van der Waals surface area contributed by atoms with Crippen LogP contribution in [0.15, 0.2) is 18.3 Å². The highest BCUT2D eigenvalue weighted by Crippen LogP contribution is 2.22. The number of hydrogen-bond donors (Lipinski definition) is 0. The van der Waals surface area contributed by atoms with Gasteiger partial charge in [0.15, 0.2) is 0 Å². The van der Waals surface area contributed by atoms with Crippen molar-refractivity contribution in [1.82, 2.24) is 9.88 Å². The fraction of sp³-hybridized carbons (Fsp3) is 0.364. The van der Waals surface area contributed by atoms with Gasteiger partial charge in [-0.2, -0.15) is 5.26 Å². The van der Waals surface area contributed by atoms with E-state index in [0.717, 1.165) is 12.8 Å². The maximum Gasteiger partial charge on any atom is 0.258 e. The second kappa shape index (κ2) is 4.50. The Balaban J connectivity index is 2.26. The molecule has 1 aromatic heterocycles. The Morgan fingerprint density at radius 2 is 2.50 bits per heavy atom. The molecule has 1 saturated heterocycles. The molecule has 5 heteroatoms. The first-order valence-electron chi connectivity index (χ1n) is 5.05. The molecule has 82 valence electrons. The number of aromatic nitrogens is 1. The second-order valence-electron chi connectivity index (χ2n) is 3.63. The van der Waals surface area contributed by atoms with Gasteiger partial charge in [-0.3, -0.25) is 4.79 Å². The van der Waals surface area contributed by atoms with Crippen molar-refractivity contribution >= 4 is 17.5 Å². The Morgan fingerprint density at radius 3 is 3.19 bits per heavy atom. The molecule has 16 heavy (non-hydrogen) atoms. The number of hydrogen-bond acceptors (Lipinski definition) is 3. The van der Waals surface area contributed by atoms with E-state index >= 15 is 0 Å². The van der Waals surface area contributed by atoms with E-state index in [1.54, 1.807) is 17.0 Å². The standard InChI is InChI=1S/C11H10ClN3O/c12-10-9(4-1-5-14-10)11(16)15-6-2-3-8(15)7-13/h1,4-5,8H,2-3,6H2. The second-order valence-corrected chi connectivity index (χ2v) is 3.99. The van der Waals surface area contributed by atoms with E-state index in [1.807, 2.05) is 0 Å². The van der Waals surface area contributed by atoms with Crippen LogP contribution in [0.2, 0.25) is 5.15 Å². The monoisotopic (exact) mass is 235 g/mol. The van der Waals surface area contributed by atoms with Crippen LogP contribution >= 0.6 is 11.6 Å². The van der Waals surface area contributed by atoms with E-state index < -0.39 is 0 Å². The zero-order valence-corrected chi connectivity index (χ0v) is 9.31. The van der Waals surface area contributed by atoms with Crippen molar-refractivity contribution in [2.45, 2.75) is 18.9 Å². The Hall–Kier alpha value is -1.60. The fourth-order valence-corrected chi connectivity index (χ4v) is 2.04. The van der Waals surface area contributed by atoms with Gasteiger partial charge >= 0.3 is 0 Å². The lowest BCUT2D eigenvalue weighted by molar-refractivity contribution is 0.0764. The van der Waals surface area contributed by atoms with E-state index in [9.17, 15) is 4.79 Å². The van der Waals surface area contributed by atoms with Gasteiger partial charge in [0.2, 0.25) is 0 Å². The minimum Gasteiger partial charge on any atom is -0.323 e. The summed E-state index contributed by atoms with van der Waals surface area (Å²) in [7, 11) is 0. The third-order valence-corrected chi connectivity index (χ3v) is 2.95. The minimum atomic E-state index is -0.330. The first-order chi connectivity index (χ1) is 7.74. The van der Waals surface area contributed by atoms with Crippen molar-refractivity contribution < 1.29 is 4.79 Å². The topological polar surface area (TPSA) is 57.0 Å². The maximum absolute atomic E-state index is 12.1. The molecule has 1 aliphatic rings. The van der Waals surface area contributed by atoms with Crippen LogP contribution in [0.25, 0.3) is 0 Å². The molecule has 0 N–H and O–H groups in total. The molecule has 0 bridgehead atoms. The summed E-state index contributed by atoms with van der Waals surface area (Å²) in [5, 5.41) is 9.10. The molecule has 1 amide bonds. The van der Waals surface area contributed by atoms with Crippen molar-refractivity contribution in [2.75, 3.05) is 6.54 Å². The third kappa shape index (κ3) is 1.86. The largest absolute Gasteiger partial charge is 0.323 e. The molecular weight excluding hydrogens is 226 g/mol. The zero-order valence-electron chi connectivity index (χ0n) is 8.56. The van der Waals surface area contributed by atoms with Crippen LogP contribution in [-0.4, -0.2) is 28.4 Å². The number of likely N-dealkylation sites (tertiary alicyclic amines) is 1. The number of rotatable bonds is 1. The highest BCUT2D eigenvalue weighted by atomic mass is 35.5. The zero-order chi connectivity index (χ0) is 11.5. The average molecular weight is 236 g/mol. The molecule has 2 rings (SSSR count). The van der Waals surface area contributed by atoms with Crippen LogP contribution in [-0.2, 0) is 0 Å². The molecule has 1 aromatic rings. The van der Waals surface area contributed by atoms with Crippen LogP contribution < -0.4 is 0 Å². The molecule has 0 spiro atoms. The molecule has 1 atom stereocenters. The first-order valence-corrected chi connectivity index (χ1v) is 5.43. The van der Waals surface area contributed by atoms with Gasteiger partial charge in [-0.05, 0) is 25.0 Å². The Morgan fingerprint density at radius 1 is 1.69 bits per heavy atom. The van der Waals surface area contributed by atoms with Crippen molar-refractivity contribution in [1.29, 1.82) is 5.26 Å². The van der Waals surface area contributed by atoms with Crippen LogP contribution in [0.1, 0.15) is 23.2 Å². The van der Waals surface area contributed by atoms with E-state index in [1.165, 1.54) is 6.20 Å². The maximum atomic E-state index is 12.1. The van der Waals surface area contributed by atoms with Gasteiger partial charge in [-0.1, -0.05) is 11.6 Å². The van der Waals surface area contributed by atoms with E-state index in [2.05, 4.69) is 11.1 Å². The van der Waals surface area contributed by atoms with Crippen LogP contribution in [0.4, 0.5) is 0 Å². The number of carbonyl (C=O) groups excluding carboxylic acids is 1. The smallest absolute Gasteiger partial charge is 0.258 e. The summed E-state index contributed by atoms with van der Waals surface area (Å²) >= 11 is 5.85. The van der Waals surface area contributed by atoms with Crippen molar-refractivity contribution in [3.8, 4) is 6.07 Å². The highest BCUT2D eigenvalue weighted by molar-refractivity contribution is 6.32. The molecule has 4 nitrogen and oxygen atoms in total. The van der Waals surface area contributed by atoms with Gasteiger partial charge in [-0.15, -0.1) is 0 Å². The van der Waals surface area contributed by atoms with Crippen molar-refractivity contribution in [2.24, 2.45) is 0 Å². The summed E-state index contributed by atoms with van der Waals surface area (Å²) < 4.78 is 0. The molecule has 0 saturated carbocycles. The lowest BCUT2D eigenvalue weighted by Gasteiger charge is -2.19. The van der Waals surface area contributed by atoms with E-state index in [4.69, 9.17) is 16.9 Å². The van der Waals surface area contributed by atoms with Gasteiger partial charge in [-0.25, -0.2) is 4.98 Å². The summed E-state index contributed by atoms with van der Waals surface area (Å²) in [6, 6.07) is 5.09. The lowest BCUT2D eigenvalue weighted by atomic mass is 10.2. The molecule has 1 aliphatic heterocycles. The minimum absolute atomic E-state index is 0.191. The van der Waals surface area contributed by atoms with Gasteiger partial charge in [0.05, 0.1) is 11.6 Å². The van der Waals surface area contributed by atoms with Crippen LogP contribution in [0.5, 0.6) is 0 Å². The number of amides is 1. The number of nitrogens with zero attached hydrogens (tertiary/aromatic N) is 3. The third-order valence-electron chi connectivity index (χ3n) is 2.65. The molecule has 0 radical (unpaired) electrons. The van der Waals surface area contributed by atoms with Gasteiger partial charge in [0.25, 0.3) is 5.91 Å². The SMILES string of the molecule is N#CC1CCCN1C(=O)c1cccnc1Cl. The molecule has 1 fully saturated rings. The highest BCUT2D eigenvalue weighted by Gasteiger charge is 2.30. The van der Waals surface area contributed by atoms with Gasteiger partial charge in [0, 0.05) is 12.7 Å². The normalized spacial score (nSPS) is 19.5. The van der Waals surface area contributed by atoms with Gasteiger partial charge < -0.3 is 4.90 Å². The Labute approximate surface area is 98.5 Å². The van der Waals surface area contributed by atoms with Crippen molar-refractivity contribution in [3.05, 3.63) is 29.0 Å². The van der Waals surface area contributed by atoms with Crippen LogP contribution in [0, 0.1) is 11.3 Å². The van der Waals surface area contributed by atoms with Crippen LogP contribution in [0.3, 0.4) is 0 Å².